The minimum absolute atomic E-state index is 0.101. The zero-order valence-electron chi connectivity index (χ0n) is 13.5. The predicted molar refractivity (Wildman–Crippen MR) is 85.2 cm³/mol. The molecule has 7 heteroatoms. The van der Waals surface area contributed by atoms with E-state index in [0.717, 1.165) is 18.4 Å². The molecular formula is C17H23FN2O4. The van der Waals surface area contributed by atoms with Gasteiger partial charge in [-0.15, -0.1) is 0 Å². The number of carbonyl (C=O) groups is 1. The molecule has 6 nitrogen and oxygen atoms in total. The van der Waals surface area contributed by atoms with E-state index in [0.29, 0.717) is 33.0 Å². The summed E-state index contributed by atoms with van der Waals surface area (Å²) in [5, 5.41) is 5.74. The van der Waals surface area contributed by atoms with Crippen LogP contribution in [0, 0.1) is 5.82 Å². The number of carbonyl (C=O) groups excluding carboxylic acids is 1. The average Bonchev–Trinajstić information content (AvgIpc) is 3.14. The first-order valence-electron chi connectivity index (χ1n) is 8.33. The zero-order chi connectivity index (χ0) is 16.8. The lowest BCUT2D eigenvalue weighted by molar-refractivity contribution is -0.0854. The van der Waals surface area contributed by atoms with Crippen molar-refractivity contribution in [2.24, 2.45) is 0 Å². The van der Waals surface area contributed by atoms with Gasteiger partial charge >= 0.3 is 6.03 Å². The summed E-state index contributed by atoms with van der Waals surface area (Å²) in [6.07, 6.45) is 1.59. The van der Waals surface area contributed by atoms with E-state index in [1.54, 1.807) is 12.1 Å². The number of ether oxygens (including phenoxy) is 3. The number of nitrogens with one attached hydrogen (secondary N) is 2. The van der Waals surface area contributed by atoms with Gasteiger partial charge in [-0.3, -0.25) is 0 Å². The van der Waals surface area contributed by atoms with Crippen LogP contribution in [0.5, 0.6) is 0 Å². The Morgan fingerprint density at radius 3 is 2.71 bits per heavy atom. The molecule has 24 heavy (non-hydrogen) atoms. The fourth-order valence-corrected chi connectivity index (χ4v) is 2.98. The van der Waals surface area contributed by atoms with E-state index in [2.05, 4.69) is 10.6 Å². The van der Waals surface area contributed by atoms with E-state index in [1.807, 2.05) is 0 Å². The highest BCUT2D eigenvalue weighted by Gasteiger charge is 2.29. The van der Waals surface area contributed by atoms with Crippen molar-refractivity contribution in [3.8, 4) is 0 Å². The van der Waals surface area contributed by atoms with Gasteiger partial charge in [0.1, 0.15) is 5.82 Å². The summed E-state index contributed by atoms with van der Waals surface area (Å²) in [6, 6.07) is 5.54. The Morgan fingerprint density at radius 2 is 2.04 bits per heavy atom. The molecule has 3 atom stereocenters. The molecule has 1 aromatic carbocycles. The van der Waals surface area contributed by atoms with Crippen LogP contribution >= 0.6 is 0 Å². The quantitative estimate of drug-likeness (QED) is 0.858. The highest BCUT2D eigenvalue weighted by molar-refractivity contribution is 5.74. The molecule has 132 valence electrons. The second-order valence-electron chi connectivity index (χ2n) is 6.00. The summed E-state index contributed by atoms with van der Waals surface area (Å²) in [5.74, 6) is -0.302. The van der Waals surface area contributed by atoms with Gasteiger partial charge in [-0.05, 0) is 30.5 Å². The Hall–Kier alpha value is -1.70. The Morgan fingerprint density at radius 1 is 1.21 bits per heavy atom. The summed E-state index contributed by atoms with van der Waals surface area (Å²) in [6.45, 7) is 2.68. The number of hydrogen-bond donors (Lipinski definition) is 2. The molecular weight excluding hydrogens is 315 g/mol. The van der Waals surface area contributed by atoms with E-state index < -0.39 is 0 Å². The van der Waals surface area contributed by atoms with Gasteiger partial charge in [0.25, 0.3) is 0 Å². The molecule has 0 saturated carbocycles. The summed E-state index contributed by atoms with van der Waals surface area (Å²) in [4.78, 5) is 12.2. The summed E-state index contributed by atoms with van der Waals surface area (Å²) in [5.41, 5.74) is 0.829. The van der Waals surface area contributed by atoms with Crippen molar-refractivity contribution >= 4 is 6.03 Å². The standard InChI is InChI=1S/C17H23FN2O4/c18-13-5-3-12(4-6-13)16(15-2-1-7-24-15)20-17(21)19-10-14-11-22-8-9-23-14/h3-6,14-16H,1-2,7-11H2,(H2,19,20,21). The maximum Gasteiger partial charge on any atom is 0.315 e. The van der Waals surface area contributed by atoms with Gasteiger partial charge in [0, 0.05) is 13.2 Å². The second kappa shape index (κ2) is 8.41. The molecule has 0 aliphatic carbocycles. The van der Waals surface area contributed by atoms with Crippen molar-refractivity contribution in [3.63, 3.8) is 0 Å². The Labute approximate surface area is 140 Å². The smallest absolute Gasteiger partial charge is 0.315 e. The van der Waals surface area contributed by atoms with E-state index in [1.165, 1.54) is 12.1 Å². The minimum atomic E-state index is -0.309. The van der Waals surface area contributed by atoms with Crippen LogP contribution in [0.3, 0.4) is 0 Å². The Bertz CT molecular complexity index is 528. The Balaban J connectivity index is 1.58. The number of halogens is 1. The molecule has 0 spiro atoms. The fourth-order valence-electron chi connectivity index (χ4n) is 2.98. The molecule has 1 aromatic rings. The normalized spacial score (nSPS) is 25.2. The van der Waals surface area contributed by atoms with Crippen molar-refractivity contribution in [1.29, 1.82) is 0 Å². The zero-order valence-corrected chi connectivity index (χ0v) is 13.5. The van der Waals surface area contributed by atoms with Crippen molar-refractivity contribution in [2.45, 2.75) is 31.1 Å². The van der Waals surface area contributed by atoms with Crippen LogP contribution in [0.4, 0.5) is 9.18 Å². The first kappa shape index (κ1) is 17.1. The van der Waals surface area contributed by atoms with Gasteiger partial charge < -0.3 is 24.8 Å². The Kier molecular flexibility index (Phi) is 6.01. The first-order valence-corrected chi connectivity index (χ1v) is 8.33. The van der Waals surface area contributed by atoms with Crippen molar-refractivity contribution in [1.82, 2.24) is 10.6 Å². The first-order chi connectivity index (χ1) is 11.7. The lowest BCUT2D eigenvalue weighted by Crippen LogP contribution is -2.46. The van der Waals surface area contributed by atoms with Crippen LogP contribution in [-0.2, 0) is 14.2 Å². The highest BCUT2D eigenvalue weighted by Crippen LogP contribution is 2.27. The lowest BCUT2D eigenvalue weighted by Gasteiger charge is -2.26. The monoisotopic (exact) mass is 338 g/mol. The van der Waals surface area contributed by atoms with Gasteiger partial charge in [0.2, 0.25) is 0 Å². The molecule has 0 aromatic heterocycles. The molecule has 2 fully saturated rings. The molecule has 2 saturated heterocycles. The third kappa shape index (κ3) is 4.66. The summed E-state index contributed by atoms with van der Waals surface area (Å²) >= 11 is 0. The van der Waals surface area contributed by atoms with E-state index in [-0.39, 0.29) is 30.1 Å². The van der Waals surface area contributed by atoms with E-state index in [4.69, 9.17) is 14.2 Å². The van der Waals surface area contributed by atoms with Gasteiger partial charge in [-0.1, -0.05) is 12.1 Å². The molecule has 2 heterocycles. The van der Waals surface area contributed by atoms with Crippen LogP contribution in [0.2, 0.25) is 0 Å². The van der Waals surface area contributed by atoms with E-state index in [9.17, 15) is 9.18 Å². The predicted octanol–water partition coefficient (Wildman–Crippen LogP) is 1.76. The van der Waals surface area contributed by atoms with Crippen LogP contribution in [-0.4, -0.2) is 51.2 Å². The van der Waals surface area contributed by atoms with Gasteiger partial charge in [0.15, 0.2) is 0 Å². The number of benzene rings is 1. The third-order valence-electron chi connectivity index (χ3n) is 4.23. The van der Waals surface area contributed by atoms with Gasteiger partial charge in [-0.2, -0.15) is 0 Å². The lowest BCUT2D eigenvalue weighted by atomic mass is 9.99. The third-order valence-corrected chi connectivity index (χ3v) is 4.23. The average molecular weight is 338 g/mol. The SMILES string of the molecule is O=C(NCC1COCCO1)NC(c1ccc(F)cc1)C1CCCO1. The maximum absolute atomic E-state index is 13.2. The molecule has 2 aliphatic rings. The molecule has 3 unspecified atom stereocenters. The molecule has 0 bridgehead atoms. The van der Waals surface area contributed by atoms with Crippen molar-refractivity contribution in [3.05, 3.63) is 35.6 Å². The van der Waals surface area contributed by atoms with Crippen LogP contribution < -0.4 is 10.6 Å². The summed E-state index contributed by atoms with van der Waals surface area (Å²) in [7, 11) is 0. The molecule has 0 radical (unpaired) electrons. The molecule has 2 N–H and O–H groups in total. The van der Waals surface area contributed by atoms with Gasteiger partial charge in [-0.25, -0.2) is 9.18 Å². The fraction of sp³-hybridized carbons (Fsp3) is 0.588. The minimum Gasteiger partial charge on any atom is -0.376 e. The van der Waals surface area contributed by atoms with Crippen LogP contribution in [0.15, 0.2) is 24.3 Å². The largest absolute Gasteiger partial charge is 0.376 e. The van der Waals surface area contributed by atoms with Crippen molar-refractivity contribution in [2.75, 3.05) is 33.0 Å². The van der Waals surface area contributed by atoms with Crippen LogP contribution in [0.25, 0.3) is 0 Å². The van der Waals surface area contributed by atoms with Crippen LogP contribution in [0.1, 0.15) is 24.4 Å². The highest BCUT2D eigenvalue weighted by atomic mass is 19.1. The second-order valence-corrected chi connectivity index (χ2v) is 6.00. The molecule has 3 rings (SSSR count). The topological polar surface area (TPSA) is 68.8 Å². The molecule has 2 amide bonds. The molecule has 2 aliphatic heterocycles. The number of rotatable bonds is 5. The number of amides is 2. The summed E-state index contributed by atoms with van der Waals surface area (Å²) < 4.78 is 29.7. The van der Waals surface area contributed by atoms with E-state index >= 15 is 0 Å². The number of hydrogen-bond acceptors (Lipinski definition) is 4. The number of urea groups is 1. The maximum atomic E-state index is 13.2. The van der Waals surface area contributed by atoms with Crippen molar-refractivity contribution < 1.29 is 23.4 Å². The van der Waals surface area contributed by atoms with Gasteiger partial charge in [0.05, 0.1) is 38.1 Å².